The summed E-state index contributed by atoms with van der Waals surface area (Å²) >= 11 is 0. The standard InChI is InChI=1S/C14H12FNO3/c1-8-5-6-10(15)11(7-8)16-14(19)9-3-2-4-12(17)13(9)18/h2-7,17-18H,1H3,(H,16,19). The Morgan fingerprint density at radius 1 is 1.21 bits per heavy atom. The van der Waals surface area contributed by atoms with Crippen LogP contribution >= 0.6 is 0 Å². The molecule has 2 aromatic carbocycles. The van der Waals surface area contributed by atoms with Gasteiger partial charge in [-0.15, -0.1) is 0 Å². The zero-order valence-corrected chi connectivity index (χ0v) is 10.1. The highest BCUT2D eigenvalue weighted by atomic mass is 19.1. The Morgan fingerprint density at radius 2 is 1.95 bits per heavy atom. The molecule has 19 heavy (non-hydrogen) atoms. The lowest BCUT2D eigenvalue weighted by Crippen LogP contribution is -2.13. The minimum atomic E-state index is -0.696. The van der Waals surface area contributed by atoms with Crippen molar-refractivity contribution in [3.05, 3.63) is 53.3 Å². The van der Waals surface area contributed by atoms with Crippen LogP contribution in [0.3, 0.4) is 0 Å². The van der Waals surface area contributed by atoms with E-state index in [1.807, 2.05) is 0 Å². The SMILES string of the molecule is Cc1ccc(F)c(NC(=O)c2cccc(O)c2O)c1. The van der Waals surface area contributed by atoms with E-state index in [0.29, 0.717) is 0 Å². The van der Waals surface area contributed by atoms with E-state index >= 15 is 0 Å². The van der Waals surface area contributed by atoms with Crippen molar-refractivity contribution in [2.24, 2.45) is 0 Å². The predicted octanol–water partition coefficient (Wildman–Crippen LogP) is 2.80. The van der Waals surface area contributed by atoms with Crippen molar-refractivity contribution in [2.75, 3.05) is 5.32 Å². The molecule has 0 heterocycles. The number of anilines is 1. The summed E-state index contributed by atoms with van der Waals surface area (Å²) < 4.78 is 13.5. The number of nitrogens with one attached hydrogen (secondary N) is 1. The number of carbonyl (C=O) groups is 1. The van der Waals surface area contributed by atoms with Gasteiger partial charge in [-0.1, -0.05) is 12.1 Å². The van der Waals surface area contributed by atoms with E-state index in [9.17, 15) is 19.4 Å². The highest BCUT2D eigenvalue weighted by Crippen LogP contribution is 2.29. The van der Waals surface area contributed by atoms with Crippen molar-refractivity contribution >= 4 is 11.6 Å². The molecule has 0 spiro atoms. The average molecular weight is 261 g/mol. The van der Waals surface area contributed by atoms with E-state index in [2.05, 4.69) is 5.32 Å². The lowest BCUT2D eigenvalue weighted by molar-refractivity contribution is 0.102. The minimum Gasteiger partial charge on any atom is -0.504 e. The highest BCUT2D eigenvalue weighted by molar-refractivity contribution is 6.06. The van der Waals surface area contributed by atoms with E-state index < -0.39 is 23.2 Å². The molecular weight excluding hydrogens is 249 g/mol. The summed E-state index contributed by atoms with van der Waals surface area (Å²) in [6.07, 6.45) is 0. The zero-order chi connectivity index (χ0) is 14.0. The summed E-state index contributed by atoms with van der Waals surface area (Å²) in [6.45, 7) is 1.76. The summed E-state index contributed by atoms with van der Waals surface area (Å²) in [7, 11) is 0. The van der Waals surface area contributed by atoms with Gasteiger partial charge in [-0.2, -0.15) is 0 Å². The molecule has 4 nitrogen and oxygen atoms in total. The molecule has 2 rings (SSSR count). The van der Waals surface area contributed by atoms with Gasteiger partial charge >= 0.3 is 0 Å². The Morgan fingerprint density at radius 3 is 2.68 bits per heavy atom. The molecule has 0 saturated carbocycles. The fraction of sp³-hybridized carbons (Fsp3) is 0.0714. The van der Waals surface area contributed by atoms with Crippen LogP contribution in [0, 0.1) is 12.7 Å². The number of para-hydroxylation sites is 1. The molecule has 0 aliphatic carbocycles. The van der Waals surface area contributed by atoms with Gasteiger partial charge < -0.3 is 15.5 Å². The summed E-state index contributed by atoms with van der Waals surface area (Å²) in [6, 6.07) is 8.30. The number of phenols is 2. The molecule has 0 bridgehead atoms. The van der Waals surface area contributed by atoms with Crippen LogP contribution < -0.4 is 5.32 Å². The van der Waals surface area contributed by atoms with Crippen molar-refractivity contribution in [3.8, 4) is 11.5 Å². The number of hydrogen-bond acceptors (Lipinski definition) is 3. The first-order chi connectivity index (χ1) is 8.99. The first-order valence-corrected chi connectivity index (χ1v) is 5.57. The maximum Gasteiger partial charge on any atom is 0.259 e. The van der Waals surface area contributed by atoms with Crippen LogP contribution in [0.1, 0.15) is 15.9 Å². The van der Waals surface area contributed by atoms with E-state index in [4.69, 9.17) is 0 Å². The van der Waals surface area contributed by atoms with Gasteiger partial charge in [0, 0.05) is 0 Å². The Labute approximate surface area is 109 Å². The van der Waals surface area contributed by atoms with Crippen molar-refractivity contribution in [1.82, 2.24) is 0 Å². The van der Waals surface area contributed by atoms with Crippen LogP contribution in [0.25, 0.3) is 0 Å². The van der Waals surface area contributed by atoms with Gasteiger partial charge in [0.05, 0.1) is 11.3 Å². The quantitative estimate of drug-likeness (QED) is 0.728. The normalized spacial score (nSPS) is 10.2. The summed E-state index contributed by atoms with van der Waals surface area (Å²) in [4.78, 5) is 11.9. The molecule has 1 amide bonds. The summed E-state index contributed by atoms with van der Waals surface area (Å²) in [5.74, 6) is -2.21. The number of benzene rings is 2. The smallest absolute Gasteiger partial charge is 0.259 e. The number of phenolic OH excluding ortho intramolecular Hbond substituents is 2. The third-order valence-corrected chi connectivity index (χ3v) is 2.63. The molecule has 0 aromatic heterocycles. The minimum absolute atomic E-state index is 0.0211. The fourth-order valence-electron chi connectivity index (χ4n) is 1.64. The third kappa shape index (κ3) is 2.65. The average Bonchev–Trinajstić information content (AvgIpc) is 2.37. The molecule has 0 radical (unpaired) electrons. The van der Waals surface area contributed by atoms with Crippen molar-refractivity contribution in [1.29, 1.82) is 0 Å². The highest BCUT2D eigenvalue weighted by Gasteiger charge is 2.15. The molecular formula is C14H12FNO3. The van der Waals surface area contributed by atoms with Gasteiger partial charge in [0.2, 0.25) is 0 Å². The van der Waals surface area contributed by atoms with Gasteiger partial charge in [-0.25, -0.2) is 4.39 Å². The van der Waals surface area contributed by atoms with Gasteiger partial charge in [-0.05, 0) is 36.8 Å². The van der Waals surface area contributed by atoms with E-state index in [0.717, 1.165) is 5.56 Å². The summed E-state index contributed by atoms with van der Waals surface area (Å²) in [5, 5.41) is 21.2. The Bertz CT molecular complexity index is 641. The van der Waals surface area contributed by atoms with Crippen molar-refractivity contribution in [2.45, 2.75) is 6.92 Å². The molecule has 0 aliphatic rings. The monoisotopic (exact) mass is 261 g/mol. The van der Waals surface area contributed by atoms with Crippen LogP contribution in [-0.2, 0) is 0 Å². The van der Waals surface area contributed by atoms with Crippen LogP contribution in [0.5, 0.6) is 11.5 Å². The number of amides is 1. The Kier molecular flexibility index (Phi) is 3.37. The van der Waals surface area contributed by atoms with Crippen LogP contribution in [0.15, 0.2) is 36.4 Å². The number of carbonyl (C=O) groups excluding carboxylic acids is 1. The Balaban J connectivity index is 2.31. The van der Waals surface area contributed by atoms with Gasteiger partial charge in [0.15, 0.2) is 11.5 Å². The van der Waals surface area contributed by atoms with E-state index in [1.54, 1.807) is 13.0 Å². The largest absolute Gasteiger partial charge is 0.504 e. The number of hydrogen-bond donors (Lipinski definition) is 3. The predicted molar refractivity (Wildman–Crippen MR) is 68.9 cm³/mol. The summed E-state index contributed by atoms with van der Waals surface area (Å²) in [5.41, 5.74) is 0.686. The van der Waals surface area contributed by atoms with Crippen LogP contribution in [0.4, 0.5) is 10.1 Å². The second-order valence-corrected chi connectivity index (χ2v) is 4.11. The number of rotatable bonds is 2. The number of halogens is 1. The van der Waals surface area contributed by atoms with Crippen molar-refractivity contribution in [3.63, 3.8) is 0 Å². The topological polar surface area (TPSA) is 69.6 Å². The lowest BCUT2D eigenvalue weighted by Gasteiger charge is -2.09. The second kappa shape index (κ2) is 4.97. The molecule has 0 fully saturated rings. The van der Waals surface area contributed by atoms with Gasteiger partial charge in [-0.3, -0.25) is 4.79 Å². The first kappa shape index (κ1) is 12.9. The van der Waals surface area contributed by atoms with Crippen LogP contribution in [-0.4, -0.2) is 16.1 Å². The maximum absolute atomic E-state index is 13.5. The van der Waals surface area contributed by atoms with E-state index in [1.165, 1.54) is 30.3 Å². The van der Waals surface area contributed by atoms with Crippen LogP contribution in [0.2, 0.25) is 0 Å². The molecule has 98 valence electrons. The number of aryl methyl sites for hydroxylation is 1. The van der Waals surface area contributed by atoms with E-state index in [-0.39, 0.29) is 11.3 Å². The Hall–Kier alpha value is -2.56. The molecule has 2 aromatic rings. The second-order valence-electron chi connectivity index (χ2n) is 4.11. The lowest BCUT2D eigenvalue weighted by atomic mass is 10.1. The molecule has 3 N–H and O–H groups in total. The molecule has 5 heteroatoms. The fourth-order valence-corrected chi connectivity index (χ4v) is 1.64. The molecule has 0 aliphatic heterocycles. The van der Waals surface area contributed by atoms with Crippen molar-refractivity contribution < 1.29 is 19.4 Å². The first-order valence-electron chi connectivity index (χ1n) is 5.57. The molecule has 0 atom stereocenters. The molecule has 0 saturated heterocycles. The third-order valence-electron chi connectivity index (χ3n) is 2.63. The van der Waals surface area contributed by atoms with Gasteiger partial charge in [0.1, 0.15) is 5.82 Å². The molecule has 0 unspecified atom stereocenters. The zero-order valence-electron chi connectivity index (χ0n) is 10.1. The number of aromatic hydroxyl groups is 2. The van der Waals surface area contributed by atoms with Gasteiger partial charge in [0.25, 0.3) is 5.91 Å². The maximum atomic E-state index is 13.5.